The predicted octanol–water partition coefficient (Wildman–Crippen LogP) is 5.24. The number of aromatic nitrogens is 1. The molecule has 0 aliphatic carbocycles. The number of halogens is 2. The predicted molar refractivity (Wildman–Crippen MR) is 125 cm³/mol. The Morgan fingerprint density at radius 2 is 2.03 bits per heavy atom. The van der Waals surface area contributed by atoms with Crippen molar-refractivity contribution in [1.82, 2.24) is 4.98 Å². The minimum Gasteiger partial charge on any atom is -0.455 e. The minimum atomic E-state index is -0.809. The molecule has 6 nitrogen and oxygen atoms in total. The van der Waals surface area contributed by atoms with Crippen LogP contribution in [-0.4, -0.2) is 18.0 Å². The maximum atomic E-state index is 14.3. The van der Waals surface area contributed by atoms with Crippen LogP contribution in [0, 0.1) is 20.8 Å². The Morgan fingerprint density at radius 3 is 2.65 bits per heavy atom. The van der Waals surface area contributed by atoms with Gasteiger partial charge in [-0.15, -0.1) is 0 Å². The van der Waals surface area contributed by atoms with Gasteiger partial charge < -0.3 is 15.5 Å². The van der Waals surface area contributed by atoms with Crippen LogP contribution in [-0.2, 0) is 0 Å². The number of allylic oxidation sites excluding steroid dienone is 1. The fourth-order valence-electron chi connectivity index (χ4n) is 3.50. The van der Waals surface area contributed by atoms with Gasteiger partial charge in [-0.05, 0) is 51.5 Å². The molecule has 2 heterocycles. The molecular formula is C23H24ClFN4O2. The van der Waals surface area contributed by atoms with Crippen LogP contribution < -0.4 is 16.5 Å². The lowest BCUT2D eigenvalue weighted by molar-refractivity contribution is 0.574. The van der Waals surface area contributed by atoms with E-state index < -0.39 is 5.97 Å². The SMILES string of the molecule is CN=C(F)/C(=C\N)c1oc2c(C(C)Nc3ccc(Cl)nc3C)cc(C)cc2c(=O)c1C. The number of aliphatic imine (C=N–C) groups is 1. The smallest absolute Gasteiger partial charge is 0.220 e. The molecule has 0 saturated heterocycles. The molecule has 1 atom stereocenters. The number of nitrogens with zero attached hydrogens (tertiary/aromatic N) is 2. The molecule has 0 radical (unpaired) electrons. The molecule has 0 fully saturated rings. The number of nitrogens with two attached hydrogens (primary N) is 1. The molecule has 3 N–H and O–H groups in total. The highest BCUT2D eigenvalue weighted by Crippen LogP contribution is 2.31. The van der Waals surface area contributed by atoms with E-state index in [1.54, 1.807) is 19.1 Å². The van der Waals surface area contributed by atoms with Crippen molar-refractivity contribution < 1.29 is 8.81 Å². The first-order valence-electron chi connectivity index (χ1n) is 9.70. The van der Waals surface area contributed by atoms with E-state index >= 15 is 0 Å². The van der Waals surface area contributed by atoms with E-state index in [4.69, 9.17) is 21.8 Å². The average Bonchev–Trinajstić information content (AvgIpc) is 2.73. The van der Waals surface area contributed by atoms with Gasteiger partial charge in [0.25, 0.3) is 0 Å². The number of fused-ring (bicyclic) bond motifs is 1. The quantitative estimate of drug-likeness (QED) is 0.416. The number of rotatable bonds is 5. The Morgan fingerprint density at radius 1 is 1.32 bits per heavy atom. The lowest BCUT2D eigenvalue weighted by Crippen LogP contribution is -2.15. The summed E-state index contributed by atoms with van der Waals surface area (Å²) in [6, 6.07) is 6.98. The zero-order chi connectivity index (χ0) is 22.9. The monoisotopic (exact) mass is 442 g/mol. The highest BCUT2D eigenvalue weighted by Gasteiger charge is 2.22. The molecular weight excluding hydrogens is 419 g/mol. The molecule has 8 heteroatoms. The Labute approximate surface area is 184 Å². The molecule has 162 valence electrons. The van der Waals surface area contributed by atoms with Gasteiger partial charge in [-0.3, -0.25) is 9.79 Å². The molecule has 1 unspecified atom stereocenters. The third kappa shape index (κ3) is 4.32. The van der Waals surface area contributed by atoms with Gasteiger partial charge in [-0.1, -0.05) is 17.7 Å². The van der Waals surface area contributed by atoms with Crippen molar-refractivity contribution in [3.8, 4) is 0 Å². The van der Waals surface area contributed by atoms with E-state index in [9.17, 15) is 9.18 Å². The van der Waals surface area contributed by atoms with Gasteiger partial charge in [0, 0.05) is 24.4 Å². The van der Waals surface area contributed by atoms with Crippen molar-refractivity contribution in [2.24, 2.45) is 10.7 Å². The van der Waals surface area contributed by atoms with Crippen LogP contribution in [0.2, 0.25) is 5.15 Å². The molecule has 1 aromatic carbocycles. The molecule has 0 amide bonds. The highest BCUT2D eigenvalue weighted by atomic mass is 35.5. The summed E-state index contributed by atoms with van der Waals surface area (Å²) < 4.78 is 20.4. The van der Waals surface area contributed by atoms with Gasteiger partial charge in [-0.25, -0.2) is 4.98 Å². The number of benzene rings is 1. The summed E-state index contributed by atoms with van der Waals surface area (Å²) in [4.78, 5) is 20.9. The average molecular weight is 443 g/mol. The van der Waals surface area contributed by atoms with Gasteiger partial charge in [0.05, 0.1) is 28.4 Å². The van der Waals surface area contributed by atoms with Crippen LogP contribution in [0.25, 0.3) is 16.5 Å². The van der Waals surface area contributed by atoms with Crippen LogP contribution >= 0.6 is 11.6 Å². The second kappa shape index (κ2) is 8.89. The molecule has 3 rings (SSSR count). The first-order chi connectivity index (χ1) is 14.7. The molecule has 31 heavy (non-hydrogen) atoms. The molecule has 3 aromatic rings. The normalized spacial score (nSPS) is 13.5. The summed E-state index contributed by atoms with van der Waals surface area (Å²) in [5.74, 6) is -0.749. The zero-order valence-electron chi connectivity index (χ0n) is 18.0. The Hall–Kier alpha value is -3.19. The maximum absolute atomic E-state index is 14.3. The van der Waals surface area contributed by atoms with E-state index in [0.717, 1.165) is 28.7 Å². The number of anilines is 1. The van der Waals surface area contributed by atoms with Crippen molar-refractivity contribution in [2.75, 3.05) is 12.4 Å². The Kier molecular flexibility index (Phi) is 6.45. The lowest BCUT2D eigenvalue weighted by atomic mass is 9.99. The highest BCUT2D eigenvalue weighted by molar-refractivity contribution is 6.29. The fourth-order valence-corrected chi connectivity index (χ4v) is 3.69. The van der Waals surface area contributed by atoms with Gasteiger partial charge in [0.15, 0.2) is 5.43 Å². The second-order valence-corrected chi connectivity index (χ2v) is 7.73. The summed E-state index contributed by atoms with van der Waals surface area (Å²) in [5.41, 5.74) is 9.11. The van der Waals surface area contributed by atoms with E-state index in [1.165, 1.54) is 7.05 Å². The van der Waals surface area contributed by atoms with Crippen LogP contribution in [0.4, 0.5) is 10.1 Å². The first-order valence-corrected chi connectivity index (χ1v) is 10.1. The van der Waals surface area contributed by atoms with Gasteiger partial charge in [-0.2, -0.15) is 4.39 Å². The summed E-state index contributed by atoms with van der Waals surface area (Å²) >= 11 is 5.96. The fraction of sp³-hybridized carbons (Fsp3) is 0.261. The maximum Gasteiger partial charge on any atom is 0.220 e. The zero-order valence-corrected chi connectivity index (χ0v) is 18.8. The van der Waals surface area contributed by atoms with E-state index in [0.29, 0.717) is 16.1 Å². The van der Waals surface area contributed by atoms with Gasteiger partial charge in [0.2, 0.25) is 5.97 Å². The number of hydrogen-bond acceptors (Lipinski definition) is 6. The summed E-state index contributed by atoms with van der Waals surface area (Å²) in [6.07, 6.45) is 1.05. The number of aryl methyl sites for hydroxylation is 2. The van der Waals surface area contributed by atoms with Crippen LogP contribution in [0.3, 0.4) is 0 Å². The first kappa shape index (κ1) is 22.5. The molecule has 0 saturated carbocycles. The van der Waals surface area contributed by atoms with Crippen molar-refractivity contribution in [3.05, 3.63) is 74.0 Å². The topological polar surface area (TPSA) is 93.5 Å². The standard InChI is InChI=1S/C23H24ClFN4O2/c1-11-8-15(13(3)28-18-6-7-19(24)29-14(18)4)22-16(9-11)20(30)12(2)21(31-22)17(10-26)23(25)27-5/h6-10,13,28H,26H2,1-5H3/b17-10-,27-23?. The van der Waals surface area contributed by atoms with E-state index in [1.807, 2.05) is 32.9 Å². The third-order valence-corrected chi connectivity index (χ3v) is 5.32. The van der Waals surface area contributed by atoms with Crippen molar-refractivity contribution in [3.63, 3.8) is 0 Å². The second-order valence-electron chi connectivity index (χ2n) is 7.34. The van der Waals surface area contributed by atoms with Crippen LogP contribution in [0.15, 0.2) is 44.7 Å². The van der Waals surface area contributed by atoms with E-state index in [2.05, 4.69) is 15.3 Å². The van der Waals surface area contributed by atoms with Gasteiger partial charge >= 0.3 is 0 Å². The lowest BCUT2D eigenvalue weighted by Gasteiger charge is -2.20. The molecule has 2 aromatic heterocycles. The Bertz CT molecular complexity index is 1280. The van der Waals surface area contributed by atoms with Crippen molar-refractivity contribution in [1.29, 1.82) is 0 Å². The van der Waals surface area contributed by atoms with Crippen LogP contribution in [0.5, 0.6) is 0 Å². The third-order valence-electron chi connectivity index (χ3n) is 5.11. The summed E-state index contributed by atoms with van der Waals surface area (Å²) in [5, 5.41) is 4.21. The molecule has 0 spiro atoms. The van der Waals surface area contributed by atoms with Crippen LogP contribution in [0.1, 0.15) is 41.1 Å². The number of hydrogen-bond donors (Lipinski definition) is 2. The molecule has 0 bridgehead atoms. The number of pyridine rings is 1. The summed E-state index contributed by atoms with van der Waals surface area (Å²) in [6.45, 7) is 7.28. The minimum absolute atomic E-state index is 0.0599. The largest absolute Gasteiger partial charge is 0.455 e. The van der Waals surface area contributed by atoms with E-state index in [-0.39, 0.29) is 28.4 Å². The molecule has 0 aliphatic rings. The number of nitrogens with one attached hydrogen (secondary N) is 1. The Balaban J connectivity index is 2.23. The van der Waals surface area contributed by atoms with Crippen molar-refractivity contribution in [2.45, 2.75) is 33.7 Å². The summed E-state index contributed by atoms with van der Waals surface area (Å²) in [7, 11) is 1.30. The van der Waals surface area contributed by atoms with Gasteiger partial charge in [0.1, 0.15) is 16.5 Å². The van der Waals surface area contributed by atoms with Crippen molar-refractivity contribution >= 4 is 39.8 Å². The molecule has 0 aliphatic heterocycles.